The van der Waals surface area contributed by atoms with Gasteiger partial charge in [-0.1, -0.05) is 6.07 Å². The van der Waals surface area contributed by atoms with Gasteiger partial charge < -0.3 is 10.6 Å². The number of nitrogen functional groups attached to an aromatic ring is 1. The van der Waals surface area contributed by atoms with Gasteiger partial charge in [0.25, 0.3) is 0 Å². The van der Waals surface area contributed by atoms with Crippen LogP contribution in [0.5, 0.6) is 0 Å². The molecular weight excluding hydrogens is 266 g/mol. The van der Waals surface area contributed by atoms with E-state index in [0.717, 1.165) is 11.0 Å². The first-order chi connectivity index (χ1) is 8.30. The van der Waals surface area contributed by atoms with E-state index in [1.54, 1.807) is 0 Å². The van der Waals surface area contributed by atoms with Gasteiger partial charge >= 0.3 is 10.2 Å². The van der Waals surface area contributed by atoms with Crippen molar-refractivity contribution in [1.29, 1.82) is 0 Å². The first kappa shape index (κ1) is 12.7. The lowest BCUT2D eigenvalue weighted by molar-refractivity contribution is -0.117. The SMILES string of the molecule is Nc1c(F)cccc1N1CC(S(=O)(=O)F)CC1=O. The molecule has 1 aromatic carbocycles. The molecule has 2 N–H and O–H groups in total. The molecule has 0 spiro atoms. The molecule has 1 heterocycles. The zero-order chi connectivity index (χ0) is 13.5. The Labute approximate surface area is 102 Å². The standard InChI is InChI=1S/C10H10F2N2O3S/c11-7-2-1-3-8(10(7)13)14-5-6(4-9(14)15)18(12,16)17/h1-3,6H,4-5,13H2. The predicted molar refractivity (Wildman–Crippen MR) is 61.6 cm³/mol. The van der Waals surface area contributed by atoms with E-state index in [9.17, 15) is 21.5 Å². The smallest absolute Gasteiger partial charge is 0.307 e. The van der Waals surface area contributed by atoms with Crippen molar-refractivity contribution in [3.8, 4) is 0 Å². The number of amides is 1. The van der Waals surface area contributed by atoms with Gasteiger partial charge in [0.1, 0.15) is 11.1 Å². The lowest BCUT2D eigenvalue weighted by Crippen LogP contribution is -2.27. The summed E-state index contributed by atoms with van der Waals surface area (Å²) in [6, 6.07) is 3.83. The molecule has 0 bridgehead atoms. The van der Waals surface area contributed by atoms with E-state index in [1.807, 2.05) is 0 Å². The second-order valence-electron chi connectivity index (χ2n) is 3.98. The number of carbonyl (C=O) groups is 1. The molecule has 98 valence electrons. The molecule has 1 amide bonds. The lowest BCUT2D eigenvalue weighted by atomic mass is 10.2. The Balaban J connectivity index is 2.36. The van der Waals surface area contributed by atoms with Crippen LogP contribution in [0.25, 0.3) is 0 Å². The molecule has 1 aromatic rings. The molecule has 0 radical (unpaired) electrons. The van der Waals surface area contributed by atoms with Gasteiger partial charge in [0.2, 0.25) is 5.91 Å². The van der Waals surface area contributed by atoms with Crippen LogP contribution in [0.1, 0.15) is 6.42 Å². The Bertz CT molecular complexity index is 603. The van der Waals surface area contributed by atoms with E-state index in [2.05, 4.69) is 0 Å². The molecule has 1 aliphatic rings. The van der Waals surface area contributed by atoms with Crippen molar-refractivity contribution in [3.63, 3.8) is 0 Å². The van der Waals surface area contributed by atoms with Gasteiger partial charge in [-0.05, 0) is 12.1 Å². The number of carbonyl (C=O) groups excluding carboxylic acids is 1. The number of benzene rings is 1. The molecule has 1 saturated heterocycles. The van der Waals surface area contributed by atoms with E-state index < -0.39 is 33.6 Å². The average Bonchev–Trinajstić information content (AvgIpc) is 2.64. The molecule has 8 heteroatoms. The highest BCUT2D eigenvalue weighted by Gasteiger charge is 2.39. The molecule has 0 aromatic heterocycles. The Morgan fingerprint density at radius 3 is 2.61 bits per heavy atom. The normalized spacial score (nSPS) is 20.4. The maximum Gasteiger partial charge on any atom is 0.307 e. The minimum absolute atomic E-state index is 0.0613. The Kier molecular flexibility index (Phi) is 2.97. The summed E-state index contributed by atoms with van der Waals surface area (Å²) in [5.74, 6) is -1.31. The fourth-order valence-electron chi connectivity index (χ4n) is 1.86. The Hall–Kier alpha value is -1.70. The predicted octanol–water partition coefficient (Wildman–Crippen LogP) is 0.813. The maximum atomic E-state index is 13.2. The van der Waals surface area contributed by atoms with Crippen LogP contribution in [0, 0.1) is 5.82 Å². The zero-order valence-corrected chi connectivity index (χ0v) is 9.95. The first-order valence-corrected chi connectivity index (χ1v) is 6.53. The fraction of sp³-hybridized carbons (Fsp3) is 0.300. The van der Waals surface area contributed by atoms with Crippen molar-refractivity contribution in [2.45, 2.75) is 11.7 Å². The van der Waals surface area contributed by atoms with Crippen molar-refractivity contribution in [3.05, 3.63) is 24.0 Å². The number of para-hydroxylation sites is 1. The van der Waals surface area contributed by atoms with Crippen LogP contribution in [-0.2, 0) is 15.0 Å². The molecule has 1 unspecified atom stereocenters. The molecule has 18 heavy (non-hydrogen) atoms. The Morgan fingerprint density at radius 2 is 2.06 bits per heavy atom. The summed E-state index contributed by atoms with van der Waals surface area (Å²) in [6.07, 6.45) is -0.464. The van der Waals surface area contributed by atoms with Gasteiger partial charge in [0, 0.05) is 13.0 Å². The highest BCUT2D eigenvalue weighted by atomic mass is 32.3. The van der Waals surface area contributed by atoms with Crippen LogP contribution in [0.15, 0.2) is 18.2 Å². The molecule has 0 saturated carbocycles. The monoisotopic (exact) mass is 276 g/mol. The van der Waals surface area contributed by atoms with Crippen LogP contribution in [0.4, 0.5) is 19.7 Å². The average molecular weight is 276 g/mol. The highest BCUT2D eigenvalue weighted by Crippen LogP contribution is 2.31. The van der Waals surface area contributed by atoms with E-state index >= 15 is 0 Å². The molecule has 1 atom stereocenters. The molecule has 0 aliphatic carbocycles. The van der Waals surface area contributed by atoms with Crippen molar-refractivity contribution in [1.82, 2.24) is 0 Å². The zero-order valence-electron chi connectivity index (χ0n) is 9.14. The summed E-state index contributed by atoms with van der Waals surface area (Å²) in [5, 5.41) is -1.42. The van der Waals surface area contributed by atoms with Crippen molar-refractivity contribution in [2.75, 3.05) is 17.2 Å². The fourth-order valence-corrected chi connectivity index (χ4v) is 2.53. The van der Waals surface area contributed by atoms with Crippen molar-refractivity contribution in [2.24, 2.45) is 0 Å². The van der Waals surface area contributed by atoms with Gasteiger partial charge in [-0.15, -0.1) is 3.89 Å². The maximum absolute atomic E-state index is 13.2. The second kappa shape index (κ2) is 4.20. The minimum Gasteiger partial charge on any atom is -0.395 e. The number of hydrogen-bond acceptors (Lipinski definition) is 4. The molecule has 1 fully saturated rings. The summed E-state index contributed by atoms with van der Waals surface area (Å²) >= 11 is 0. The van der Waals surface area contributed by atoms with Crippen LogP contribution in [-0.4, -0.2) is 26.1 Å². The largest absolute Gasteiger partial charge is 0.395 e. The van der Waals surface area contributed by atoms with Crippen LogP contribution in [0.3, 0.4) is 0 Å². The van der Waals surface area contributed by atoms with Crippen LogP contribution in [0.2, 0.25) is 0 Å². The van der Waals surface area contributed by atoms with Gasteiger partial charge in [0.15, 0.2) is 0 Å². The third-order valence-electron chi connectivity index (χ3n) is 2.81. The van der Waals surface area contributed by atoms with E-state index in [-0.39, 0.29) is 17.9 Å². The number of nitrogens with zero attached hydrogens (tertiary/aromatic N) is 1. The lowest BCUT2D eigenvalue weighted by Gasteiger charge is -2.18. The molecule has 5 nitrogen and oxygen atoms in total. The van der Waals surface area contributed by atoms with E-state index in [4.69, 9.17) is 5.73 Å². The summed E-state index contributed by atoms with van der Waals surface area (Å²) in [6.45, 7) is -0.356. The molecule has 1 aliphatic heterocycles. The third kappa shape index (κ3) is 2.15. The summed E-state index contributed by atoms with van der Waals surface area (Å²) in [5.41, 5.74) is 5.27. The van der Waals surface area contributed by atoms with Gasteiger partial charge in [-0.3, -0.25) is 4.79 Å². The topological polar surface area (TPSA) is 80.5 Å². The number of anilines is 2. The van der Waals surface area contributed by atoms with Gasteiger partial charge in [-0.2, -0.15) is 8.42 Å². The van der Waals surface area contributed by atoms with Crippen LogP contribution < -0.4 is 10.6 Å². The van der Waals surface area contributed by atoms with E-state index in [1.165, 1.54) is 12.1 Å². The van der Waals surface area contributed by atoms with Crippen molar-refractivity contribution >= 4 is 27.5 Å². The van der Waals surface area contributed by atoms with Crippen LogP contribution >= 0.6 is 0 Å². The summed E-state index contributed by atoms with van der Waals surface area (Å²) in [7, 11) is -4.80. The molecular formula is C10H10F2N2O3S. The third-order valence-corrected chi connectivity index (χ3v) is 3.92. The Morgan fingerprint density at radius 1 is 1.39 bits per heavy atom. The highest BCUT2D eigenvalue weighted by molar-refractivity contribution is 7.87. The second-order valence-corrected chi connectivity index (χ2v) is 5.60. The quantitative estimate of drug-likeness (QED) is 0.640. The van der Waals surface area contributed by atoms with Crippen molar-refractivity contribution < 1.29 is 21.5 Å². The number of halogens is 2. The summed E-state index contributed by atoms with van der Waals surface area (Å²) in [4.78, 5) is 12.6. The van der Waals surface area contributed by atoms with Gasteiger partial charge in [0.05, 0.1) is 11.4 Å². The first-order valence-electron chi connectivity index (χ1n) is 5.08. The molecule has 2 rings (SSSR count). The minimum atomic E-state index is -4.80. The summed E-state index contributed by atoms with van der Waals surface area (Å²) < 4.78 is 47.6. The number of hydrogen-bond donors (Lipinski definition) is 1. The number of nitrogens with two attached hydrogens (primary N) is 1. The van der Waals surface area contributed by atoms with Gasteiger partial charge in [-0.25, -0.2) is 4.39 Å². The van der Waals surface area contributed by atoms with E-state index in [0.29, 0.717) is 0 Å². The number of rotatable bonds is 2.